The lowest BCUT2D eigenvalue weighted by Crippen LogP contribution is -2.41. The number of β-amino-alcohol motifs (C(OH)–C–C–N with tert-alkyl or cyclic N) is 1. The van der Waals surface area contributed by atoms with E-state index in [9.17, 15) is 9.90 Å². The van der Waals surface area contributed by atoms with E-state index in [1.54, 1.807) is 0 Å². The topological polar surface area (TPSA) is 74.5 Å². The van der Waals surface area contributed by atoms with Gasteiger partial charge in [0, 0.05) is 12.1 Å². The van der Waals surface area contributed by atoms with Crippen LogP contribution in [0.15, 0.2) is 10.5 Å². The van der Waals surface area contributed by atoms with Crippen molar-refractivity contribution in [2.75, 3.05) is 6.54 Å². The summed E-state index contributed by atoms with van der Waals surface area (Å²) in [5.41, 5.74) is 0.999. The molecule has 1 amide bonds. The Labute approximate surface area is 107 Å². The second-order valence-electron chi connectivity index (χ2n) is 4.95. The normalized spacial score (nSPS) is 25.1. The molecule has 1 aromatic rings. The molecule has 2 rings (SSSR count). The van der Waals surface area contributed by atoms with Crippen molar-refractivity contribution in [2.45, 2.75) is 45.4 Å². The summed E-state index contributed by atoms with van der Waals surface area (Å²) in [5, 5.41) is 15.3. The Morgan fingerprint density at radius 1 is 1.61 bits per heavy atom. The fourth-order valence-corrected chi connectivity index (χ4v) is 2.39. The number of rotatable bonds is 3. The van der Waals surface area contributed by atoms with Crippen LogP contribution in [0.4, 0.5) is 0 Å². The van der Waals surface area contributed by atoms with Crippen molar-refractivity contribution in [2.24, 2.45) is 0 Å². The van der Waals surface area contributed by atoms with Crippen molar-refractivity contribution in [1.82, 2.24) is 10.6 Å². The Kier molecular flexibility index (Phi) is 3.73. The number of aryl methyl sites for hydroxylation is 2. The van der Waals surface area contributed by atoms with Crippen LogP contribution in [-0.4, -0.2) is 29.7 Å². The fourth-order valence-electron chi connectivity index (χ4n) is 2.39. The average molecular weight is 252 g/mol. The van der Waals surface area contributed by atoms with E-state index in [2.05, 4.69) is 10.6 Å². The third kappa shape index (κ3) is 2.73. The molecule has 1 aliphatic heterocycles. The Morgan fingerprint density at radius 2 is 2.33 bits per heavy atom. The highest BCUT2D eigenvalue weighted by Gasteiger charge is 2.29. The van der Waals surface area contributed by atoms with Gasteiger partial charge in [-0.05, 0) is 33.3 Å². The molecule has 0 aliphatic carbocycles. The number of nitrogens with one attached hydrogen (secondary N) is 2. The maximum Gasteiger partial charge on any atom is 0.237 e. The molecule has 3 atom stereocenters. The zero-order valence-corrected chi connectivity index (χ0v) is 11.0. The summed E-state index contributed by atoms with van der Waals surface area (Å²) in [6.45, 7) is 6.19. The van der Waals surface area contributed by atoms with Gasteiger partial charge in [0.25, 0.3) is 0 Å². The average Bonchev–Trinajstić information content (AvgIpc) is 2.84. The second kappa shape index (κ2) is 5.12. The van der Waals surface area contributed by atoms with Crippen molar-refractivity contribution in [1.29, 1.82) is 0 Å². The highest BCUT2D eigenvalue weighted by atomic mass is 16.3. The van der Waals surface area contributed by atoms with Gasteiger partial charge in [0.1, 0.15) is 11.5 Å². The Morgan fingerprint density at radius 3 is 2.83 bits per heavy atom. The van der Waals surface area contributed by atoms with Gasteiger partial charge in [0.05, 0.1) is 18.2 Å². The van der Waals surface area contributed by atoms with Crippen LogP contribution in [0.2, 0.25) is 0 Å². The van der Waals surface area contributed by atoms with Gasteiger partial charge in [-0.15, -0.1) is 0 Å². The zero-order chi connectivity index (χ0) is 13.3. The lowest BCUT2D eigenvalue weighted by Gasteiger charge is -2.16. The van der Waals surface area contributed by atoms with E-state index < -0.39 is 6.10 Å². The van der Waals surface area contributed by atoms with Gasteiger partial charge in [0.15, 0.2) is 0 Å². The van der Waals surface area contributed by atoms with E-state index in [4.69, 9.17) is 4.42 Å². The minimum absolute atomic E-state index is 0.0719. The van der Waals surface area contributed by atoms with E-state index >= 15 is 0 Å². The molecule has 0 saturated carbocycles. The Balaban J connectivity index is 1.97. The summed E-state index contributed by atoms with van der Waals surface area (Å²) < 4.78 is 5.45. The van der Waals surface area contributed by atoms with Crippen LogP contribution in [0, 0.1) is 13.8 Å². The van der Waals surface area contributed by atoms with Gasteiger partial charge in [0.2, 0.25) is 5.91 Å². The van der Waals surface area contributed by atoms with Crippen molar-refractivity contribution in [3.8, 4) is 0 Å². The van der Waals surface area contributed by atoms with E-state index in [1.165, 1.54) is 0 Å². The van der Waals surface area contributed by atoms with Crippen LogP contribution in [-0.2, 0) is 4.79 Å². The highest BCUT2D eigenvalue weighted by molar-refractivity contribution is 5.82. The summed E-state index contributed by atoms with van der Waals surface area (Å²) in [7, 11) is 0. The number of aliphatic hydroxyl groups excluding tert-OH is 1. The van der Waals surface area contributed by atoms with Gasteiger partial charge in [-0.25, -0.2) is 0 Å². The van der Waals surface area contributed by atoms with Crippen molar-refractivity contribution >= 4 is 5.91 Å². The van der Waals surface area contributed by atoms with Crippen molar-refractivity contribution < 1.29 is 14.3 Å². The second-order valence-corrected chi connectivity index (χ2v) is 4.95. The van der Waals surface area contributed by atoms with E-state index in [-0.39, 0.29) is 18.0 Å². The lowest BCUT2D eigenvalue weighted by molar-refractivity contribution is -0.123. The van der Waals surface area contributed by atoms with Crippen LogP contribution >= 0.6 is 0 Å². The van der Waals surface area contributed by atoms with Gasteiger partial charge < -0.3 is 20.2 Å². The number of carbonyl (C=O) groups is 1. The van der Waals surface area contributed by atoms with Gasteiger partial charge in [-0.2, -0.15) is 0 Å². The van der Waals surface area contributed by atoms with Crippen LogP contribution in [0.1, 0.15) is 36.5 Å². The quantitative estimate of drug-likeness (QED) is 0.743. The predicted octanol–water partition coefficient (Wildman–Crippen LogP) is 0.796. The molecule has 3 N–H and O–H groups in total. The first-order valence-corrected chi connectivity index (χ1v) is 6.26. The summed E-state index contributed by atoms with van der Waals surface area (Å²) in [6, 6.07) is 1.56. The summed E-state index contributed by atoms with van der Waals surface area (Å²) in [4.78, 5) is 12.0. The Hall–Kier alpha value is -1.33. The number of aliphatic hydroxyl groups is 1. The maximum absolute atomic E-state index is 12.0. The van der Waals surface area contributed by atoms with Crippen LogP contribution in [0.3, 0.4) is 0 Å². The molecule has 100 valence electrons. The summed E-state index contributed by atoms with van der Waals surface area (Å²) >= 11 is 0. The summed E-state index contributed by atoms with van der Waals surface area (Å²) in [6.07, 6.45) is 0.0519. The zero-order valence-electron chi connectivity index (χ0n) is 11.0. The van der Waals surface area contributed by atoms with Crippen molar-refractivity contribution in [3.63, 3.8) is 0 Å². The minimum atomic E-state index is -0.422. The first-order valence-electron chi connectivity index (χ1n) is 6.26. The number of hydrogen-bond donors (Lipinski definition) is 3. The molecule has 2 heterocycles. The molecule has 1 fully saturated rings. The number of furan rings is 1. The third-order valence-corrected chi connectivity index (χ3v) is 3.33. The van der Waals surface area contributed by atoms with Crippen LogP contribution in [0.25, 0.3) is 0 Å². The molecule has 3 unspecified atom stereocenters. The Bertz CT molecular complexity index is 441. The molecule has 5 heteroatoms. The van der Waals surface area contributed by atoms with Crippen LogP contribution < -0.4 is 10.6 Å². The maximum atomic E-state index is 12.0. The fraction of sp³-hybridized carbons (Fsp3) is 0.615. The molecular formula is C13H20N2O3. The molecule has 5 nitrogen and oxygen atoms in total. The smallest absolute Gasteiger partial charge is 0.237 e. The molecule has 1 saturated heterocycles. The number of amides is 1. The molecule has 0 aromatic carbocycles. The first-order chi connectivity index (χ1) is 8.47. The predicted molar refractivity (Wildman–Crippen MR) is 67.2 cm³/mol. The largest absolute Gasteiger partial charge is 0.466 e. The van der Waals surface area contributed by atoms with Gasteiger partial charge in [-0.1, -0.05) is 0 Å². The number of carbonyl (C=O) groups excluding carboxylic acids is 1. The molecule has 0 spiro atoms. The molecular weight excluding hydrogens is 232 g/mol. The van der Waals surface area contributed by atoms with Gasteiger partial charge >= 0.3 is 0 Å². The van der Waals surface area contributed by atoms with Gasteiger partial charge in [-0.3, -0.25) is 4.79 Å². The minimum Gasteiger partial charge on any atom is -0.466 e. The molecule has 0 radical (unpaired) electrons. The van der Waals surface area contributed by atoms with E-state index in [1.807, 2.05) is 26.8 Å². The van der Waals surface area contributed by atoms with E-state index in [0.29, 0.717) is 13.0 Å². The van der Waals surface area contributed by atoms with E-state index in [0.717, 1.165) is 17.1 Å². The monoisotopic (exact) mass is 252 g/mol. The number of hydrogen-bond acceptors (Lipinski definition) is 4. The lowest BCUT2D eigenvalue weighted by atomic mass is 10.1. The van der Waals surface area contributed by atoms with Crippen LogP contribution in [0.5, 0.6) is 0 Å². The summed E-state index contributed by atoms with van der Waals surface area (Å²) in [5.74, 6) is 1.61. The molecule has 18 heavy (non-hydrogen) atoms. The highest BCUT2D eigenvalue weighted by Crippen LogP contribution is 2.21. The molecule has 1 aliphatic rings. The first kappa shape index (κ1) is 13.1. The van der Waals surface area contributed by atoms with Crippen molar-refractivity contribution in [3.05, 3.63) is 23.2 Å². The SMILES string of the molecule is Cc1cc(C(C)NC(=O)C2CC(O)CN2)c(C)o1. The standard InChI is InChI=1S/C13H20N2O3/c1-7-4-11(9(3)18-7)8(2)15-13(17)12-5-10(16)6-14-12/h4,8,10,12,14,16H,5-6H2,1-3H3,(H,15,17). The molecule has 0 bridgehead atoms. The third-order valence-electron chi connectivity index (χ3n) is 3.33. The molecule has 1 aromatic heterocycles.